The third-order valence-electron chi connectivity index (χ3n) is 5.26. The van der Waals surface area contributed by atoms with Crippen molar-refractivity contribution in [3.05, 3.63) is 65.1 Å². The molecule has 0 unspecified atom stereocenters. The topological polar surface area (TPSA) is 81.9 Å². The second-order valence-electron chi connectivity index (χ2n) is 7.05. The highest BCUT2D eigenvalue weighted by Gasteiger charge is 2.18. The van der Waals surface area contributed by atoms with Gasteiger partial charge in [-0.3, -0.25) is 19.0 Å². The van der Waals surface area contributed by atoms with Crippen molar-refractivity contribution >= 4 is 44.0 Å². The van der Waals surface area contributed by atoms with Gasteiger partial charge < -0.3 is 14.8 Å². The number of nitrogens with zero attached hydrogens (tertiary/aromatic N) is 2. The van der Waals surface area contributed by atoms with Gasteiger partial charge in [0.2, 0.25) is 0 Å². The summed E-state index contributed by atoms with van der Waals surface area (Å²) in [6.07, 6.45) is 1.75. The summed E-state index contributed by atoms with van der Waals surface area (Å²) in [7, 11) is 1.58. The number of amides is 1. The number of nitrogens with one attached hydrogen (secondary N) is 1. The molecule has 5 rings (SSSR count). The molecular weight excluding hydrogens is 382 g/mol. The van der Waals surface area contributed by atoms with Gasteiger partial charge in [-0.1, -0.05) is 18.2 Å². The van der Waals surface area contributed by atoms with Crippen molar-refractivity contribution < 1.29 is 14.3 Å². The molecule has 30 heavy (non-hydrogen) atoms. The summed E-state index contributed by atoms with van der Waals surface area (Å²) in [5, 5.41) is 6.00. The quantitative estimate of drug-likeness (QED) is 0.350. The Morgan fingerprint density at radius 3 is 2.73 bits per heavy atom. The lowest BCUT2D eigenvalue weighted by molar-refractivity contribution is -0.123. The standard InChI is InChI=1S/C23H19N3O4/c1-29-11-10-24-20(27)13-30-14-6-7-19-18(12-14)16-8-9-25-21-15-4-2-3-5-17(15)23(28)26(19)22(16)21/h2-9,12H,10-11,13H2,1H3,(H,24,27). The van der Waals surface area contributed by atoms with E-state index < -0.39 is 0 Å². The zero-order valence-electron chi connectivity index (χ0n) is 16.3. The van der Waals surface area contributed by atoms with E-state index in [1.807, 2.05) is 42.5 Å². The second kappa shape index (κ2) is 7.27. The van der Waals surface area contributed by atoms with E-state index in [0.29, 0.717) is 24.3 Å². The van der Waals surface area contributed by atoms with E-state index >= 15 is 0 Å². The van der Waals surface area contributed by atoms with Crippen LogP contribution >= 0.6 is 0 Å². The van der Waals surface area contributed by atoms with Gasteiger partial charge in [0.05, 0.1) is 23.2 Å². The maximum absolute atomic E-state index is 13.2. The first-order chi connectivity index (χ1) is 14.7. The Morgan fingerprint density at radius 2 is 1.90 bits per heavy atom. The molecule has 2 aromatic carbocycles. The average Bonchev–Trinajstić information content (AvgIpc) is 3.11. The Morgan fingerprint density at radius 1 is 1.07 bits per heavy atom. The minimum atomic E-state index is -0.218. The number of pyridine rings is 2. The zero-order chi connectivity index (χ0) is 20.7. The van der Waals surface area contributed by atoms with Crippen LogP contribution < -0.4 is 15.6 Å². The molecule has 0 radical (unpaired) electrons. The third-order valence-corrected chi connectivity index (χ3v) is 5.26. The molecule has 0 saturated carbocycles. The van der Waals surface area contributed by atoms with Gasteiger partial charge in [0.15, 0.2) is 6.61 Å². The minimum Gasteiger partial charge on any atom is -0.484 e. The Hall–Kier alpha value is -3.71. The summed E-state index contributed by atoms with van der Waals surface area (Å²) in [6, 6.07) is 14.9. The molecule has 3 heterocycles. The van der Waals surface area contributed by atoms with E-state index in [-0.39, 0.29) is 18.1 Å². The van der Waals surface area contributed by atoms with Crippen molar-refractivity contribution in [3.63, 3.8) is 0 Å². The highest BCUT2D eigenvalue weighted by atomic mass is 16.5. The summed E-state index contributed by atoms with van der Waals surface area (Å²) < 4.78 is 12.3. The van der Waals surface area contributed by atoms with Crippen LogP contribution in [0.15, 0.2) is 59.5 Å². The van der Waals surface area contributed by atoms with Gasteiger partial charge in [-0.2, -0.15) is 0 Å². The first-order valence-corrected chi connectivity index (χ1v) is 9.65. The Labute approximate surface area is 171 Å². The number of ether oxygens (including phenoxy) is 2. The van der Waals surface area contributed by atoms with Crippen LogP contribution in [0.5, 0.6) is 5.75 Å². The summed E-state index contributed by atoms with van der Waals surface area (Å²) >= 11 is 0. The number of fused-ring (bicyclic) bond motifs is 5. The number of hydrogen-bond acceptors (Lipinski definition) is 5. The molecule has 0 fully saturated rings. The van der Waals surface area contributed by atoms with E-state index in [1.54, 1.807) is 23.8 Å². The monoisotopic (exact) mass is 401 g/mol. The van der Waals surface area contributed by atoms with Crippen LogP contribution in [-0.4, -0.2) is 42.2 Å². The van der Waals surface area contributed by atoms with Crippen molar-refractivity contribution in [3.8, 4) is 5.75 Å². The lowest BCUT2D eigenvalue weighted by Crippen LogP contribution is -2.31. The summed E-state index contributed by atoms with van der Waals surface area (Å²) in [4.78, 5) is 29.7. The molecule has 0 spiro atoms. The molecule has 5 aromatic rings. The maximum atomic E-state index is 13.2. The molecule has 0 bridgehead atoms. The normalized spacial score (nSPS) is 11.6. The van der Waals surface area contributed by atoms with Crippen molar-refractivity contribution in [2.24, 2.45) is 0 Å². The van der Waals surface area contributed by atoms with Crippen LogP contribution in [0.1, 0.15) is 0 Å². The second-order valence-corrected chi connectivity index (χ2v) is 7.05. The number of rotatable bonds is 6. The maximum Gasteiger partial charge on any atom is 0.263 e. The van der Waals surface area contributed by atoms with Crippen LogP contribution in [0.25, 0.3) is 38.1 Å². The molecule has 7 nitrogen and oxygen atoms in total. The van der Waals surface area contributed by atoms with Crippen LogP contribution in [0.2, 0.25) is 0 Å². The highest BCUT2D eigenvalue weighted by molar-refractivity contribution is 6.18. The number of benzene rings is 2. The largest absolute Gasteiger partial charge is 0.484 e. The molecule has 0 aliphatic heterocycles. The van der Waals surface area contributed by atoms with Gasteiger partial charge >= 0.3 is 0 Å². The lowest BCUT2D eigenvalue weighted by atomic mass is 10.1. The number of methoxy groups -OCH3 is 1. The molecule has 0 aliphatic carbocycles. The fourth-order valence-electron chi connectivity index (χ4n) is 3.93. The lowest BCUT2D eigenvalue weighted by Gasteiger charge is -2.07. The predicted octanol–water partition coefficient (Wildman–Crippen LogP) is 2.73. The van der Waals surface area contributed by atoms with E-state index in [0.717, 1.165) is 32.7 Å². The van der Waals surface area contributed by atoms with Crippen molar-refractivity contribution in [2.45, 2.75) is 0 Å². The van der Waals surface area contributed by atoms with Crippen molar-refractivity contribution in [2.75, 3.05) is 26.9 Å². The van der Waals surface area contributed by atoms with Crippen LogP contribution in [0, 0.1) is 0 Å². The summed E-state index contributed by atoms with van der Waals surface area (Å²) in [5.74, 6) is 0.343. The fourth-order valence-corrected chi connectivity index (χ4v) is 3.93. The molecule has 0 saturated heterocycles. The summed E-state index contributed by atoms with van der Waals surface area (Å²) in [6.45, 7) is 0.790. The molecule has 7 heteroatoms. The van der Waals surface area contributed by atoms with Crippen LogP contribution in [0.4, 0.5) is 0 Å². The van der Waals surface area contributed by atoms with Gasteiger partial charge in [0.1, 0.15) is 5.75 Å². The Bertz CT molecular complexity index is 1460. The fraction of sp³-hybridized carbons (Fsp3) is 0.174. The SMILES string of the molecule is COCCNC(=O)COc1ccc2c(c1)c1ccnc3c4ccccc4c(=O)n2c13. The molecule has 150 valence electrons. The van der Waals surface area contributed by atoms with Crippen molar-refractivity contribution in [1.29, 1.82) is 0 Å². The average molecular weight is 401 g/mol. The van der Waals surface area contributed by atoms with Gasteiger partial charge in [0.25, 0.3) is 11.5 Å². The Balaban J connectivity index is 1.62. The van der Waals surface area contributed by atoms with Gasteiger partial charge in [-0.25, -0.2) is 0 Å². The van der Waals surface area contributed by atoms with E-state index in [9.17, 15) is 9.59 Å². The van der Waals surface area contributed by atoms with E-state index in [1.165, 1.54) is 0 Å². The first-order valence-electron chi connectivity index (χ1n) is 9.65. The smallest absolute Gasteiger partial charge is 0.263 e. The minimum absolute atomic E-state index is 0.0720. The van der Waals surface area contributed by atoms with Crippen molar-refractivity contribution in [1.82, 2.24) is 14.7 Å². The highest BCUT2D eigenvalue weighted by Crippen LogP contribution is 2.34. The van der Waals surface area contributed by atoms with Gasteiger partial charge in [0, 0.05) is 41.4 Å². The molecular formula is C23H19N3O4. The molecule has 3 aromatic heterocycles. The van der Waals surface area contributed by atoms with Gasteiger partial charge in [-0.05, 0) is 30.3 Å². The molecule has 0 atom stereocenters. The predicted molar refractivity (Wildman–Crippen MR) is 116 cm³/mol. The first kappa shape index (κ1) is 18.3. The van der Waals surface area contributed by atoms with E-state index in [2.05, 4.69) is 10.3 Å². The number of hydrogen-bond donors (Lipinski definition) is 1. The number of carbonyl (C=O) groups excluding carboxylic acids is 1. The molecule has 0 aliphatic rings. The van der Waals surface area contributed by atoms with Gasteiger partial charge in [-0.15, -0.1) is 0 Å². The molecule has 1 amide bonds. The van der Waals surface area contributed by atoms with Crippen LogP contribution in [-0.2, 0) is 9.53 Å². The summed E-state index contributed by atoms with van der Waals surface area (Å²) in [5.41, 5.74) is 2.30. The number of carbonyl (C=O) groups is 1. The third kappa shape index (κ3) is 2.83. The molecule has 1 N–H and O–H groups in total. The van der Waals surface area contributed by atoms with Crippen LogP contribution in [0.3, 0.4) is 0 Å². The number of aromatic nitrogens is 2. The van der Waals surface area contributed by atoms with E-state index in [4.69, 9.17) is 9.47 Å². The Kier molecular flexibility index (Phi) is 4.44. The zero-order valence-corrected chi connectivity index (χ0v) is 16.3.